The minimum atomic E-state index is -0.0974. The van der Waals surface area contributed by atoms with E-state index < -0.39 is 0 Å². The van der Waals surface area contributed by atoms with Gasteiger partial charge in [0.2, 0.25) is 0 Å². The molecular weight excluding hydrogens is 360 g/mol. The van der Waals surface area contributed by atoms with Crippen molar-refractivity contribution in [3.8, 4) is 5.75 Å². The fourth-order valence-electron chi connectivity index (χ4n) is 4.14. The van der Waals surface area contributed by atoms with Gasteiger partial charge in [0.05, 0.1) is 10.9 Å². The molecule has 3 aromatic rings. The molecule has 0 atom stereocenters. The SMILES string of the molecule is CCC1(Oc2ccc([S+](c3ccccc3)c3ccccc3)cc2)CCCCC1. The maximum Gasteiger partial charge on any atom is 0.166 e. The van der Waals surface area contributed by atoms with Gasteiger partial charge >= 0.3 is 0 Å². The van der Waals surface area contributed by atoms with Crippen LogP contribution in [0.4, 0.5) is 0 Å². The average molecular weight is 390 g/mol. The standard InChI is InChI=1S/C26H29OS/c1-2-26(20-10-5-11-21-26)27-22-16-18-25(19-17-22)28(23-12-6-3-7-13-23)24-14-8-4-9-15-24/h3-4,6-9,12-19H,2,5,10-11,20-21H2,1H3/q+1. The molecule has 0 unspecified atom stereocenters. The summed E-state index contributed by atoms with van der Waals surface area (Å²) in [6.07, 6.45) is 7.39. The third-order valence-corrected chi connectivity index (χ3v) is 7.99. The van der Waals surface area contributed by atoms with E-state index in [0.717, 1.165) is 12.2 Å². The van der Waals surface area contributed by atoms with Crippen LogP contribution in [0, 0.1) is 0 Å². The summed E-state index contributed by atoms with van der Waals surface area (Å²) in [5.41, 5.74) is 0.0420. The van der Waals surface area contributed by atoms with Crippen LogP contribution in [-0.2, 0) is 10.9 Å². The summed E-state index contributed by atoms with van der Waals surface area (Å²) in [4.78, 5) is 4.03. The van der Waals surface area contributed by atoms with Crippen molar-refractivity contribution < 1.29 is 4.74 Å². The Morgan fingerprint density at radius 2 is 1.18 bits per heavy atom. The highest BCUT2D eigenvalue weighted by Gasteiger charge is 2.33. The molecule has 28 heavy (non-hydrogen) atoms. The summed E-state index contributed by atoms with van der Waals surface area (Å²) in [7, 11) is -0.0974. The number of hydrogen-bond donors (Lipinski definition) is 0. The highest BCUT2D eigenvalue weighted by atomic mass is 32.2. The van der Waals surface area contributed by atoms with Crippen molar-refractivity contribution >= 4 is 10.9 Å². The quantitative estimate of drug-likeness (QED) is 0.403. The normalized spacial score (nSPS) is 16.1. The molecule has 0 saturated heterocycles. The van der Waals surface area contributed by atoms with E-state index in [1.165, 1.54) is 46.8 Å². The smallest absolute Gasteiger partial charge is 0.166 e. The van der Waals surface area contributed by atoms with Crippen molar-refractivity contribution in [3.05, 3.63) is 84.9 Å². The lowest BCUT2D eigenvalue weighted by Crippen LogP contribution is -2.37. The number of benzene rings is 3. The number of hydrogen-bond acceptors (Lipinski definition) is 1. The molecule has 4 rings (SSSR count). The number of rotatable bonds is 6. The molecule has 0 radical (unpaired) electrons. The van der Waals surface area contributed by atoms with Gasteiger partial charge in [-0.05, 0) is 80.6 Å². The molecule has 144 valence electrons. The van der Waals surface area contributed by atoms with E-state index in [9.17, 15) is 0 Å². The summed E-state index contributed by atoms with van der Waals surface area (Å²) in [6.45, 7) is 2.27. The lowest BCUT2D eigenvalue weighted by molar-refractivity contribution is 0.0265. The molecule has 0 aliphatic heterocycles. The van der Waals surface area contributed by atoms with Crippen LogP contribution in [-0.4, -0.2) is 5.60 Å². The average Bonchev–Trinajstić information content (AvgIpc) is 2.77. The summed E-state index contributed by atoms with van der Waals surface area (Å²) in [6, 6.07) is 30.5. The van der Waals surface area contributed by atoms with Crippen molar-refractivity contribution in [3.63, 3.8) is 0 Å². The highest BCUT2D eigenvalue weighted by Crippen LogP contribution is 2.37. The van der Waals surface area contributed by atoms with Gasteiger partial charge in [0.1, 0.15) is 11.4 Å². The predicted molar refractivity (Wildman–Crippen MR) is 118 cm³/mol. The lowest BCUT2D eigenvalue weighted by atomic mass is 9.82. The summed E-state index contributed by atoms with van der Waals surface area (Å²) < 4.78 is 6.54. The Hall–Kier alpha value is -2.19. The lowest BCUT2D eigenvalue weighted by Gasteiger charge is -2.37. The van der Waals surface area contributed by atoms with Crippen LogP contribution in [0.1, 0.15) is 45.4 Å². The van der Waals surface area contributed by atoms with Crippen LogP contribution in [0.15, 0.2) is 99.6 Å². The monoisotopic (exact) mass is 389 g/mol. The Bertz CT molecular complexity index is 812. The first kappa shape index (κ1) is 19.1. The minimum absolute atomic E-state index is 0.0420. The Morgan fingerprint density at radius 1 is 0.679 bits per heavy atom. The van der Waals surface area contributed by atoms with Crippen molar-refractivity contribution in [2.75, 3.05) is 0 Å². The van der Waals surface area contributed by atoms with Crippen molar-refractivity contribution in [2.24, 2.45) is 0 Å². The Morgan fingerprint density at radius 3 is 1.68 bits per heavy atom. The fourth-order valence-corrected chi connectivity index (χ4v) is 6.22. The second-order valence-corrected chi connectivity index (χ2v) is 9.63. The third-order valence-electron chi connectivity index (χ3n) is 5.76. The summed E-state index contributed by atoms with van der Waals surface area (Å²) >= 11 is 0. The van der Waals surface area contributed by atoms with Gasteiger partial charge in [0.25, 0.3) is 0 Å². The molecule has 0 bridgehead atoms. The van der Waals surface area contributed by atoms with E-state index in [-0.39, 0.29) is 16.5 Å². The van der Waals surface area contributed by atoms with Gasteiger partial charge < -0.3 is 4.74 Å². The predicted octanol–water partition coefficient (Wildman–Crippen LogP) is 7.27. The molecule has 1 aliphatic carbocycles. The highest BCUT2D eigenvalue weighted by molar-refractivity contribution is 7.97. The zero-order valence-electron chi connectivity index (χ0n) is 16.6. The van der Waals surface area contributed by atoms with E-state index in [4.69, 9.17) is 4.74 Å². The zero-order valence-corrected chi connectivity index (χ0v) is 17.5. The van der Waals surface area contributed by atoms with Gasteiger partial charge in [-0.1, -0.05) is 49.7 Å². The molecule has 0 spiro atoms. The maximum atomic E-state index is 6.54. The van der Waals surface area contributed by atoms with Gasteiger partial charge in [0.15, 0.2) is 14.7 Å². The third kappa shape index (κ3) is 4.28. The Kier molecular flexibility index (Phi) is 6.07. The van der Waals surface area contributed by atoms with Gasteiger partial charge in [0, 0.05) is 0 Å². The molecule has 1 aliphatic rings. The van der Waals surface area contributed by atoms with E-state index in [1.807, 2.05) is 0 Å². The second-order valence-electron chi connectivity index (χ2n) is 7.60. The van der Waals surface area contributed by atoms with E-state index in [0.29, 0.717) is 0 Å². The van der Waals surface area contributed by atoms with Gasteiger partial charge in [-0.2, -0.15) is 0 Å². The van der Waals surface area contributed by atoms with Crippen molar-refractivity contribution in [1.82, 2.24) is 0 Å². The molecule has 1 saturated carbocycles. The summed E-state index contributed by atoms with van der Waals surface area (Å²) in [5, 5.41) is 0. The first-order chi connectivity index (χ1) is 13.8. The number of ether oxygens (including phenoxy) is 1. The molecule has 0 N–H and O–H groups in total. The molecule has 3 aromatic carbocycles. The molecular formula is C26H29OS+. The largest absolute Gasteiger partial charge is 0.487 e. The Labute approximate surface area is 172 Å². The van der Waals surface area contributed by atoms with E-state index in [2.05, 4.69) is 91.9 Å². The van der Waals surface area contributed by atoms with Gasteiger partial charge in [-0.25, -0.2) is 0 Å². The van der Waals surface area contributed by atoms with E-state index >= 15 is 0 Å². The zero-order chi connectivity index (χ0) is 19.2. The Balaban J connectivity index is 1.62. The topological polar surface area (TPSA) is 9.23 Å². The van der Waals surface area contributed by atoms with Crippen LogP contribution in [0.2, 0.25) is 0 Å². The van der Waals surface area contributed by atoms with Crippen LogP contribution in [0.25, 0.3) is 0 Å². The van der Waals surface area contributed by atoms with Gasteiger partial charge in [-0.3, -0.25) is 0 Å². The molecule has 0 amide bonds. The fraction of sp³-hybridized carbons (Fsp3) is 0.308. The second kappa shape index (κ2) is 8.87. The van der Waals surface area contributed by atoms with Crippen LogP contribution in [0.5, 0.6) is 5.75 Å². The summed E-state index contributed by atoms with van der Waals surface area (Å²) in [5.74, 6) is 1.01. The molecule has 1 nitrogen and oxygen atoms in total. The molecule has 1 fully saturated rings. The first-order valence-electron chi connectivity index (χ1n) is 10.4. The first-order valence-corrected chi connectivity index (χ1v) is 11.7. The van der Waals surface area contributed by atoms with Crippen molar-refractivity contribution in [2.45, 2.75) is 65.7 Å². The van der Waals surface area contributed by atoms with Crippen LogP contribution in [0.3, 0.4) is 0 Å². The molecule has 0 heterocycles. The molecule has 0 aromatic heterocycles. The van der Waals surface area contributed by atoms with Crippen LogP contribution < -0.4 is 4.74 Å². The minimum Gasteiger partial charge on any atom is -0.487 e. The molecule has 2 heteroatoms. The van der Waals surface area contributed by atoms with Crippen molar-refractivity contribution in [1.29, 1.82) is 0 Å². The maximum absolute atomic E-state index is 6.54. The van der Waals surface area contributed by atoms with Crippen LogP contribution >= 0.6 is 0 Å². The van der Waals surface area contributed by atoms with Gasteiger partial charge in [-0.15, -0.1) is 0 Å². The van der Waals surface area contributed by atoms with E-state index in [1.54, 1.807) is 0 Å².